The van der Waals surface area contributed by atoms with Crippen LogP contribution in [0.15, 0.2) is 24.3 Å². The summed E-state index contributed by atoms with van der Waals surface area (Å²) in [6, 6.07) is 7.87. The van der Waals surface area contributed by atoms with Crippen LogP contribution < -0.4 is 4.74 Å². The van der Waals surface area contributed by atoms with Crippen LogP contribution in [-0.2, 0) is 9.59 Å². The molecule has 1 amide bonds. The van der Waals surface area contributed by atoms with Crippen molar-refractivity contribution in [3.8, 4) is 5.75 Å². The first-order valence-corrected chi connectivity index (χ1v) is 9.10. The maximum absolute atomic E-state index is 12.7. The summed E-state index contributed by atoms with van der Waals surface area (Å²) in [5.74, 6) is 0.207. The highest BCUT2D eigenvalue weighted by Gasteiger charge is 2.59. The first kappa shape index (κ1) is 17.8. The lowest BCUT2D eigenvalue weighted by atomic mass is 9.90. The second-order valence-corrected chi connectivity index (χ2v) is 7.77. The van der Waals surface area contributed by atoms with Crippen LogP contribution in [0.4, 0.5) is 0 Å². The number of ether oxygens (including phenoxy) is 1. The van der Waals surface area contributed by atoms with Crippen LogP contribution in [-0.4, -0.2) is 41.1 Å². The Balaban J connectivity index is 1.55. The van der Waals surface area contributed by atoms with Gasteiger partial charge in [0.2, 0.25) is 0 Å². The molecule has 0 bridgehead atoms. The lowest BCUT2D eigenvalue weighted by Crippen LogP contribution is -2.45. The van der Waals surface area contributed by atoms with Gasteiger partial charge in [-0.05, 0) is 55.2 Å². The highest BCUT2D eigenvalue weighted by molar-refractivity contribution is 5.81. The van der Waals surface area contributed by atoms with E-state index >= 15 is 0 Å². The highest BCUT2D eigenvalue weighted by atomic mass is 16.5. The molecule has 25 heavy (non-hydrogen) atoms. The van der Waals surface area contributed by atoms with E-state index in [0.29, 0.717) is 24.8 Å². The molecule has 0 radical (unpaired) electrons. The normalized spacial score (nSPS) is 22.7. The average Bonchev–Trinajstić information content (AvgIpc) is 3.29. The van der Waals surface area contributed by atoms with Gasteiger partial charge < -0.3 is 14.7 Å². The van der Waals surface area contributed by atoms with E-state index in [1.807, 2.05) is 23.1 Å². The maximum Gasteiger partial charge on any atom is 0.307 e. The van der Waals surface area contributed by atoms with E-state index in [4.69, 9.17) is 9.84 Å². The Morgan fingerprint density at radius 3 is 2.48 bits per heavy atom. The van der Waals surface area contributed by atoms with E-state index in [1.165, 1.54) is 5.56 Å². The van der Waals surface area contributed by atoms with Crippen molar-refractivity contribution in [2.45, 2.75) is 52.1 Å². The van der Waals surface area contributed by atoms with Crippen molar-refractivity contribution in [1.82, 2.24) is 4.90 Å². The van der Waals surface area contributed by atoms with Gasteiger partial charge >= 0.3 is 5.97 Å². The number of carboxylic acids is 1. The number of aliphatic carboxylic acids is 1. The Morgan fingerprint density at radius 1 is 1.24 bits per heavy atom. The van der Waals surface area contributed by atoms with Crippen LogP contribution in [0, 0.1) is 11.3 Å². The topological polar surface area (TPSA) is 66.8 Å². The molecule has 2 unspecified atom stereocenters. The third kappa shape index (κ3) is 3.65. The molecular formula is C20H27NO4. The van der Waals surface area contributed by atoms with Crippen LogP contribution in [0.1, 0.15) is 51.5 Å². The molecule has 1 N–H and O–H groups in total. The first-order chi connectivity index (χ1) is 11.8. The number of rotatable bonds is 5. The van der Waals surface area contributed by atoms with Gasteiger partial charge in [-0.25, -0.2) is 0 Å². The van der Waals surface area contributed by atoms with Crippen LogP contribution in [0.25, 0.3) is 0 Å². The number of carbonyl (C=O) groups excluding carboxylic acids is 1. The number of benzene rings is 1. The number of hydrogen-bond donors (Lipinski definition) is 1. The minimum atomic E-state index is -0.693. The second kappa shape index (κ2) is 6.70. The fourth-order valence-corrected chi connectivity index (χ4v) is 3.88. The van der Waals surface area contributed by atoms with Crippen LogP contribution in [0.5, 0.6) is 5.75 Å². The quantitative estimate of drug-likeness (QED) is 0.889. The number of carbonyl (C=O) groups is 2. The molecule has 0 aromatic heterocycles. The molecule has 2 atom stereocenters. The molecule has 1 saturated heterocycles. The fourth-order valence-electron chi connectivity index (χ4n) is 3.88. The molecule has 3 rings (SSSR count). The van der Waals surface area contributed by atoms with Crippen molar-refractivity contribution in [1.29, 1.82) is 0 Å². The Labute approximate surface area is 149 Å². The summed E-state index contributed by atoms with van der Waals surface area (Å²) in [5, 5.41) is 9.16. The summed E-state index contributed by atoms with van der Waals surface area (Å²) in [4.78, 5) is 25.6. The van der Waals surface area contributed by atoms with Gasteiger partial charge in [0.05, 0.1) is 5.92 Å². The van der Waals surface area contributed by atoms with Gasteiger partial charge in [0.1, 0.15) is 5.75 Å². The molecule has 1 heterocycles. The monoisotopic (exact) mass is 345 g/mol. The Morgan fingerprint density at radius 2 is 1.92 bits per heavy atom. The first-order valence-electron chi connectivity index (χ1n) is 9.10. The number of likely N-dealkylation sites (tertiary alicyclic amines) is 1. The summed E-state index contributed by atoms with van der Waals surface area (Å²) in [6.07, 6.45) is 1.79. The van der Waals surface area contributed by atoms with Crippen LogP contribution in [0.2, 0.25) is 0 Å². The lowest BCUT2D eigenvalue weighted by Gasteiger charge is -2.34. The SMILES string of the molecule is CC(Oc1cccc(C(C)C)c1)C(=O)N1CCC2(CC1)CC2C(=O)O. The molecule has 1 aliphatic carbocycles. The van der Waals surface area contributed by atoms with E-state index in [9.17, 15) is 9.59 Å². The van der Waals surface area contributed by atoms with Gasteiger partial charge in [-0.1, -0.05) is 26.0 Å². The van der Waals surface area contributed by atoms with Gasteiger partial charge in [0.25, 0.3) is 5.91 Å². The Hall–Kier alpha value is -2.04. The summed E-state index contributed by atoms with van der Waals surface area (Å²) in [6.45, 7) is 7.29. The molecule has 1 spiro atoms. The molecule has 2 fully saturated rings. The largest absolute Gasteiger partial charge is 0.481 e. The molecule has 1 saturated carbocycles. The number of amides is 1. The molecule has 1 aromatic carbocycles. The standard InChI is InChI=1S/C20H27NO4/c1-13(2)15-5-4-6-16(11-15)25-14(3)18(22)21-9-7-20(8-10-21)12-17(20)19(23)24/h4-6,11,13-14,17H,7-10,12H2,1-3H3,(H,23,24). The molecule has 1 aliphatic heterocycles. The summed E-state index contributed by atoms with van der Waals surface area (Å²) >= 11 is 0. The highest BCUT2D eigenvalue weighted by Crippen LogP contribution is 2.59. The van der Waals surface area contributed by atoms with E-state index in [-0.39, 0.29) is 17.2 Å². The molecule has 1 aromatic rings. The van der Waals surface area contributed by atoms with Crippen molar-refractivity contribution in [2.75, 3.05) is 13.1 Å². The van der Waals surface area contributed by atoms with Gasteiger partial charge in [-0.3, -0.25) is 9.59 Å². The zero-order valence-electron chi connectivity index (χ0n) is 15.2. The summed E-state index contributed by atoms with van der Waals surface area (Å²) in [7, 11) is 0. The van der Waals surface area contributed by atoms with Gasteiger partial charge in [-0.2, -0.15) is 0 Å². The summed E-state index contributed by atoms with van der Waals surface area (Å²) < 4.78 is 5.86. The molecule has 5 heteroatoms. The lowest BCUT2D eigenvalue weighted by molar-refractivity contribution is -0.141. The number of hydrogen-bond acceptors (Lipinski definition) is 3. The van der Waals surface area contributed by atoms with Gasteiger partial charge in [0.15, 0.2) is 6.10 Å². The van der Waals surface area contributed by atoms with Crippen molar-refractivity contribution in [2.24, 2.45) is 11.3 Å². The minimum absolute atomic E-state index is 0.0164. The molecular weight excluding hydrogens is 318 g/mol. The van der Waals surface area contributed by atoms with Crippen molar-refractivity contribution in [3.63, 3.8) is 0 Å². The van der Waals surface area contributed by atoms with Crippen molar-refractivity contribution in [3.05, 3.63) is 29.8 Å². The average molecular weight is 345 g/mol. The van der Waals surface area contributed by atoms with E-state index < -0.39 is 12.1 Å². The van der Waals surface area contributed by atoms with E-state index in [1.54, 1.807) is 6.92 Å². The summed E-state index contributed by atoms with van der Waals surface area (Å²) in [5.41, 5.74) is 1.13. The minimum Gasteiger partial charge on any atom is -0.481 e. The smallest absolute Gasteiger partial charge is 0.307 e. The van der Waals surface area contributed by atoms with Crippen molar-refractivity contribution < 1.29 is 19.4 Å². The second-order valence-electron chi connectivity index (χ2n) is 7.77. The maximum atomic E-state index is 12.7. The van der Waals surface area contributed by atoms with E-state index in [0.717, 1.165) is 19.3 Å². The predicted octanol–water partition coefficient (Wildman–Crippen LogP) is 3.29. The number of carboxylic acid groups (broad SMARTS) is 1. The molecule has 5 nitrogen and oxygen atoms in total. The van der Waals surface area contributed by atoms with Crippen LogP contribution in [0.3, 0.4) is 0 Å². The number of nitrogens with zero attached hydrogens (tertiary/aromatic N) is 1. The third-order valence-corrected chi connectivity index (χ3v) is 5.74. The number of piperidine rings is 1. The Bertz CT molecular complexity index is 661. The molecule has 136 valence electrons. The third-order valence-electron chi connectivity index (χ3n) is 5.74. The van der Waals surface area contributed by atoms with Crippen LogP contribution >= 0.6 is 0 Å². The van der Waals surface area contributed by atoms with Crippen molar-refractivity contribution >= 4 is 11.9 Å². The van der Waals surface area contributed by atoms with Gasteiger partial charge in [0, 0.05) is 13.1 Å². The zero-order valence-corrected chi connectivity index (χ0v) is 15.2. The fraction of sp³-hybridized carbons (Fsp3) is 0.600. The Kier molecular flexibility index (Phi) is 4.76. The predicted molar refractivity (Wildman–Crippen MR) is 94.6 cm³/mol. The zero-order chi connectivity index (χ0) is 18.2. The van der Waals surface area contributed by atoms with E-state index in [2.05, 4.69) is 19.9 Å². The molecule has 2 aliphatic rings. The van der Waals surface area contributed by atoms with Gasteiger partial charge in [-0.15, -0.1) is 0 Å².